The van der Waals surface area contributed by atoms with Crippen LogP contribution in [0.3, 0.4) is 0 Å². The van der Waals surface area contributed by atoms with Crippen LogP contribution in [0.25, 0.3) is 11.3 Å². The summed E-state index contributed by atoms with van der Waals surface area (Å²) in [6, 6.07) is 8.67. The standard InChI is InChI=1S/C14H16ClNS/c1-3-11-4-6-12(7-5-11)14-13(8-9-15)17-10(2)16-14/h4-7H,3,8-9H2,1-2H3. The van der Waals surface area contributed by atoms with Crippen LogP contribution >= 0.6 is 22.9 Å². The lowest BCUT2D eigenvalue weighted by Crippen LogP contribution is -1.88. The second-order valence-corrected chi connectivity index (χ2v) is 5.66. The van der Waals surface area contributed by atoms with Crippen molar-refractivity contribution < 1.29 is 0 Å². The second-order valence-electron chi connectivity index (χ2n) is 3.99. The Bertz CT molecular complexity index is 487. The summed E-state index contributed by atoms with van der Waals surface area (Å²) in [5.41, 5.74) is 3.67. The Morgan fingerprint density at radius 2 is 1.94 bits per heavy atom. The van der Waals surface area contributed by atoms with Gasteiger partial charge in [0.15, 0.2) is 0 Å². The topological polar surface area (TPSA) is 12.9 Å². The van der Waals surface area contributed by atoms with Gasteiger partial charge >= 0.3 is 0 Å². The van der Waals surface area contributed by atoms with E-state index in [1.165, 1.54) is 16.0 Å². The van der Waals surface area contributed by atoms with Gasteiger partial charge in [0.25, 0.3) is 0 Å². The molecule has 2 rings (SSSR count). The summed E-state index contributed by atoms with van der Waals surface area (Å²) in [5.74, 6) is 0.654. The maximum atomic E-state index is 5.83. The molecule has 0 aliphatic carbocycles. The van der Waals surface area contributed by atoms with Crippen LogP contribution in [0, 0.1) is 6.92 Å². The number of halogens is 1. The van der Waals surface area contributed by atoms with Gasteiger partial charge in [0.2, 0.25) is 0 Å². The van der Waals surface area contributed by atoms with Gasteiger partial charge < -0.3 is 0 Å². The zero-order valence-electron chi connectivity index (χ0n) is 10.2. The normalized spacial score (nSPS) is 10.8. The minimum absolute atomic E-state index is 0.654. The van der Waals surface area contributed by atoms with Gasteiger partial charge in [0.1, 0.15) is 0 Å². The summed E-state index contributed by atoms with van der Waals surface area (Å²) < 4.78 is 0. The van der Waals surface area contributed by atoms with E-state index in [0.29, 0.717) is 5.88 Å². The minimum atomic E-state index is 0.654. The lowest BCUT2D eigenvalue weighted by Gasteiger charge is -2.02. The number of hydrogen-bond acceptors (Lipinski definition) is 2. The van der Waals surface area contributed by atoms with Gasteiger partial charge in [-0.15, -0.1) is 22.9 Å². The van der Waals surface area contributed by atoms with Crippen molar-refractivity contribution in [3.63, 3.8) is 0 Å². The number of nitrogens with zero attached hydrogens (tertiary/aromatic N) is 1. The van der Waals surface area contributed by atoms with E-state index in [1.54, 1.807) is 11.3 Å². The van der Waals surface area contributed by atoms with E-state index in [1.807, 2.05) is 6.92 Å². The Kier molecular flexibility index (Phi) is 4.19. The first-order valence-corrected chi connectivity index (χ1v) is 7.21. The lowest BCUT2D eigenvalue weighted by atomic mass is 10.1. The predicted molar refractivity (Wildman–Crippen MR) is 76.1 cm³/mol. The fourth-order valence-electron chi connectivity index (χ4n) is 1.85. The Labute approximate surface area is 111 Å². The highest BCUT2D eigenvalue weighted by Crippen LogP contribution is 2.28. The van der Waals surface area contributed by atoms with Crippen molar-refractivity contribution >= 4 is 22.9 Å². The lowest BCUT2D eigenvalue weighted by molar-refractivity contribution is 1.14. The summed E-state index contributed by atoms with van der Waals surface area (Å²) >= 11 is 7.58. The first kappa shape index (κ1) is 12.6. The number of aryl methyl sites for hydroxylation is 3. The molecule has 1 heterocycles. The molecule has 1 aromatic heterocycles. The molecule has 3 heteroatoms. The van der Waals surface area contributed by atoms with Crippen LogP contribution < -0.4 is 0 Å². The van der Waals surface area contributed by atoms with Crippen LogP contribution in [0.4, 0.5) is 0 Å². The number of rotatable bonds is 4. The molecule has 0 spiro atoms. The number of benzene rings is 1. The molecule has 0 aliphatic rings. The predicted octanol–water partition coefficient (Wildman–Crippen LogP) is 4.46. The van der Waals surface area contributed by atoms with Crippen molar-refractivity contribution in [1.29, 1.82) is 0 Å². The largest absolute Gasteiger partial charge is 0.241 e. The Morgan fingerprint density at radius 1 is 1.24 bits per heavy atom. The zero-order valence-corrected chi connectivity index (χ0v) is 11.7. The third kappa shape index (κ3) is 2.88. The molecule has 0 unspecified atom stereocenters. The van der Waals surface area contributed by atoms with Gasteiger partial charge in [-0.05, 0) is 25.3 Å². The molecule has 2 aromatic rings. The smallest absolute Gasteiger partial charge is 0.0904 e. The molecule has 1 nitrogen and oxygen atoms in total. The first-order valence-electron chi connectivity index (χ1n) is 5.86. The number of aromatic nitrogens is 1. The monoisotopic (exact) mass is 265 g/mol. The molecular formula is C14H16ClNS. The fourth-order valence-corrected chi connectivity index (χ4v) is 3.11. The average molecular weight is 266 g/mol. The molecule has 0 bridgehead atoms. The molecule has 17 heavy (non-hydrogen) atoms. The molecule has 0 aliphatic heterocycles. The SMILES string of the molecule is CCc1ccc(-c2nc(C)sc2CCCl)cc1. The van der Waals surface area contributed by atoms with E-state index in [9.17, 15) is 0 Å². The van der Waals surface area contributed by atoms with Crippen LogP contribution in [-0.4, -0.2) is 10.9 Å². The highest BCUT2D eigenvalue weighted by atomic mass is 35.5. The van der Waals surface area contributed by atoms with Crippen molar-refractivity contribution in [2.24, 2.45) is 0 Å². The second kappa shape index (κ2) is 5.65. The maximum Gasteiger partial charge on any atom is 0.0904 e. The van der Waals surface area contributed by atoms with Gasteiger partial charge in [-0.3, -0.25) is 0 Å². The zero-order chi connectivity index (χ0) is 12.3. The minimum Gasteiger partial charge on any atom is -0.241 e. The van der Waals surface area contributed by atoms with Crippen LogP contribution in [-0.2, 0) is 12.8 Å². The van der Waals surface area contributed by atoms with E-state index in [0.717, 1.165) is 23.5 Å². The number of hydrogen-bond donors (Lipinski definition) is 0. The summed E-state index contributed by atoms with van der Waals surface area (Å²) in [5, 5.41) is 1.11. The highest BCUT2D eigenvalue weighted by molar-refractivity contribution is 7.12. The van der Waals surface area contributed by atoms with Crippen LogP contribution in [0.5, 0.6) is 0 Å². The Morgan fingerprint density at radius 3 is 2.53 bits per heavy atom. The third-order valence-electron chi connectivity index (χ3n) is 2.76. The summed E-state index contributed by atoms with van der Waals surface area (Å²) in [6.45, 7) is 4.22. The van der Waals surface area contributed by atoms with E-state index in [2.05, 4.69) is 36.2 Å². The van der Waals surface area contributed by atoms with Gasteiger partial charge in [0.05, 0.1) is 10.7 Å². The maximum absolute atomic E-state index is 5.83. The average Bonchev–Trinajstić information content (AvgIpc) is 2.71. The Hall–Kier alpha value is -0.860. The quantitative estimate of drug-likeness (QED) is 0.744. The molecule has 0 atom stereocenters. The highest BCUT2D eigenvalue weighted by Gasteiger charge is 2.10. The number of thiazole rings is 1. The molecule has 1 aromatic carbocycles. The summed E-state index contributed by atoms with van der Waals surface area (Å²) in [4.78, 5) is 5.91. The molecular weight excluding hydrogens is 250 g/mol. The van der Waals surface area contributed by atoms with E-state index in [4.69, 9.17) is 11.6 Å². The number of alkyl halides is 1. The molecule has 0 radical (unpaired) electrons. The third-order valence-corrected chi connectivity index (χ3v) is 3.98. The van der Waals surface area contributed by atoms with Gasteiger partial charge in [-0.1, -0.05) is 31.2 Å². The van der Waals surface area contributed by atoms with Crippen LogP contribution in [0.1, 0.15) is 22.4 Å². The molecule has 0 fully saturated rings. The first-order chi connectivity index (χ1) is 8.24. The van der Waals surface area contributed by atoms with Crippen molar-refractivity contribution in [2.75, 3.05) is 5.88 Å². The van der Waals surface area contributed by atoms with E-state index in [-0.39, 0.29) is 0 Å². The molecule has 0 N–H and O–H groups in total. The van der Waals surface area contributed by atoms with Crippen molar-refractivity contribution in [2.45, 2.75) is 26.7 Å². The van der Waals surface area contributed by atoms with Crippen molar-refractivity contribution in [3.8, 4) is 11.3 Å². The van der Waals surface area contributed by atoms with E-state index < -0.39 is 0 Å². The summed E-state index contributed by atoms with van der Waals surface area (Å²) in [7, 11) is 0. The summed E-state index contributed by atoms with van der Waals surface area (Å²) in [6.07, 6.45) is 1.98. The van der Waals surface area contributed by atoms with Gasteiger partial charge in [-0.2, -0.15) is 0 Å². The fraction of sp³-hybridized carbons (Fsp3) is 0.357. The molecule has 90 valence electrons. The van der Waals surface area contributed by atoms with Crippen LogP contribution in [0.15, 0.2) is 24.3 Å². The molecule has 0 saturated carbocycles. The van der Waals surface area contributed by atoms with Crippen LogP contribution in [0.2, 0.25) is 0 Å². The molecule has 0 saturated heterocycles. The van der Waals surface area contributed by atoms with Crippen molar-refractivity contribution in [3.05, 3.63) is 39.7 Å². The van der Waals surface area contributed by atoms with Crippen molar-refractivity contribution in [1.82, 2.24) is 4.98 Å². The van der Waals surface area contributed by atoms with Gasteiger partial charge in [-0.25, -0.2) is 4.98 Å². The molecule has 0 amide bonds. The Balaban J connectivity index is 2.37. The van der Waals surface area contributed by atoms with Gasteiger partial charge in [0, 0.05) is 16.3 Å². The van der Waals surface area contributed by atoms with E-state index >= 15 is 0 Å².